The molecule has 1 unspecified atom stereocenters. The van der Waals surface area contributed by atoms with E-state index in [0.717, 1.165) is 217 Å². The van der Waals surface area contributed by atoms with Gasteiger partial charge in [-0.1, -0.05) is 103 Å². The molecule has 32 heteroatoms. The number of nitrogens with zero attached hydrogens (tertiary/aromatic N) is 21. The number of likely N-dealkylation sites (N-methyl/N-ethyl adjacent to an activating group) is 4. The maximum atomic E-state index is 13.7. The molecular weight excluding hydrogens is 1910 g/mol. The summed E-state index contributed by atoms with van der Waals surface area (Å²) in [7, 11) is 8.66. The van der Waals surface area contributed by atoms with Crippen LogP contribution in [0.25, 0.3) is 110 Å². The van der Waals surface area contributed by atoms with Gasteiger partial charge in [0.15, 0.2) is 0 Å². The van der Waals surface area contributed by atoms with Gasteiger partial charge in [-0.25, -0.2) is 24.9 Å². The Balaban J connectivity index is 0.000000117. The zero-order valence-corrected chi connectivity index (χ0v) is 87.8. The van der Waals surface area contributed by atoms with Crippen LogP contribution in [-0.2, 0) is 26.2 Å². The average Bonchev–Trinajstić information content (AvgIpc) is 1.73. The van der Waals surface area contributed by atoms with Crippen LogP contribution < -0.4 is 68.4 Å². The van der Waals surface area contributed by atoms with Crippen molar-refractivity contribution < 1.29 is 0 Å². The Morgan fingerprint density at radius 1 is 0.300 bits per heavy atom. The van der Waals surface area contributed by atoms with E-state index < -0.39 is 0 Å². The van der Waals surface area contributed by atoms with Crippen molar-refractivity contribution in [1.29, 1.82) is 0 Å². The van der Waals surface area contributed by atoms with Crippen molar-refractivity contribution in [2.75, 3.05) is 187 Å². The van der Waals surface area contributed by atoms with Gasteiger partial charge in [-0.05, 0) is 265 Å². The summed E-state index contributed by atoms with van der Waals surface area (Å²) in [5.74, 6) is 2.89. The molecule has 6 aliphatic rings. The molecule has 5 saturated heterocycles. The molecule has 24 rings (SSSR count). The van der Waals surface area contributed by atoms with Gasteiger partial charge in [0.1, 0.15) is 27.6 Å². The Morgan fingerprint density at radius 3 is 0.893 bits per heavy atom. The number of aromatic nitrogens is 13. The van der Waals surface area contributed by atoms with Gasteiger partial charge >= 0.3 is 0 Å². The minimum Gasteiger partial charge on any atom is -0.369 e. The number of thiophene rings is 1. The van der Waals surface area contributed by atoms with Crippen LogP contribution in [0.4, 0.5) is 69.3 Å². The molecule has 15 heterocycles. The Bertz CT molecular complexity index is 7820. The van der Waals surface area contributed by atoms with Gasteiger partial charge in [-0.3, -0.25) is 37.4 Å². The molecule has 6 fully saturated rings. The Labute approximate surface area is 880 Å². The monoisotopic (exact) mass is 2030 g/mol. The van der Waals surface area contributed by atoms with Crippen LogP contribution in [0.2, 0.25) is 0 Å². The first-order valence-electron chi connectivity index (χ1n) is 52.3. The molecule has 0 bridgehead atoms. The van der Waals surface area contributed by atoms with Crippen LogP contribution in [0.15, 0.2) is 291 Å². The minimum absolute atomic E-state index is 0.000667. The number of hydrogen-bond acceptors (Lipinski definition) is 28. The number of hydrogen-bond donors (Lipinski definition) is 5. The fourth-order valence-electron chi connectivity index (χ4n) is 20.8. The van der Waals surface area contributed by atoms with E-state index in [-0.39, 0.29) is 22.2 Å². The molecule has 8 aromatic carbocycles. The SMILES string of the molecule is CCn1c(=O)c(-c2ccccc2-c2cccs2)cc2cnc(Nc3ccc(N4CCN(C)CC4)cc3)nc21.CCn1c(=O)c(-c2ccccc2-c2nccs2)cc2cnc(Nc3ccc(N4CCN(C)CC4)cc3)nc21.CCn1c(=O)c(-c2ccccc2C2CC2)cc2cnc(Nc3ccc(N4CCN(C)CC4)cc3)nc21.CCn1c(=O)c(-c2ccccc2C2CCNC2)cc2cnc(Nc3ccc(N4CCN(C)CC4)cc3)nc21. The number of fused-ring (bicyclic) bond motifs is 4. The first kappa shape index (κ1) is 100. The smallest absolute Gasteiger partial charge is 0.260 e. The second-order valence-corrected chi connectivity index (χ2v) is 41.1. The number of aryl methyl sites for hydroxylation is 4. The third kappa shape index (κ3) is 22.3. The molecule has 0 radical (unpaired) electrons. The maximum Gasteiger partial charge on any atom is 0.260 e. The molecule has 764 valence electrons. The molecule has 1 saturated carbocycles. The van der Waals surface area contributed by atoms with Crippen LogP contribution in [0.1, 0.15) is 69.9 Å². The van der Waals surface area contributed by atoms with Crippen LogP contribution in [0.5, 0.6) is 0 Å². The normalized spacial score (nSPS) is 15.8. The van der Waals surface area contributed by atoms with E-state index in [9.17, 15) is 19.2 Å². The predicted octanol–water partition coefficient (Wildman–Crippen LogP) is 19.7. The number of rotatable bonds is 24. The molecule has 5 N–H and O–H groups in total. The van der Waals surface area contributed by atoms with Gasteiger partial charge in [-0.2, -0.15) is 19.9 Å². The van der Waals surface area contributed by atoms with Gasteiger partial charge in [0.05, 0.1) is 0 Å². The highest BCUT2D eigenvalue weighted by Crippen LogP contribution is 2.45. The van der Waals surface area contributed by atoms with Crippen LogP contribution in [0.3, 0.4) is 0 Å². The highest BCUT2D eigenvalue weighted by molar-refractivity contribution is 7.13. The van der Waals surface area contributed by atoms with E-state index in [0.29, 0.717) is 101 Å². The number of benzene rings is 8. The second kappa shape index (κ2) is 45.7. The van der Waals surface area contributed by atoms with E-state index in [1.165, 1.54) is 46.7 Å². The average molecular weight is 2040 g/mol. The zero-order valence-electron chi connectivity index (χ0n) is 86.2. The molecule has 0 amide bonds. The van der Waals surface area contributed by atoms with Crippen LogP contribution in [-0.4, -0.2) is 229 Å². The highest BCUT2D eigenvalue weighted by Gasteiger charge is 2.30. The summed E-state index contributed by atoms with van der Waals surface area (Å²) in [6.07, 6.45) is 12.5. The number of thiazole rings is 1. The number of piperazine rings is 4. The van der Waals surface area contributed by atoms with Crippen molar-refractivity contribution in [2.45, 2.75) is 85.0 Å². The van der Waals surface area contributed by atoms with Crippen LogP contribution in [0, 0.1) is 0 Å². The predicted molar refractivity (Wildman–Crippen MR) is 614 cm³/mol. The lowest BCUT2D eigenvalue weighted by atomic mass is 9.90. The summed E-state index contributed by atoms with van der Waals surface area (Å²) in [5.41, 5.74) is 22.0. The van der Waals surface area contributed by atoms with Crippen molar-refractivity contribution in [3.05, 3.63) is 325 Å². The standard InChI is InChI=1S/C30H35N7O.C30H30N6OS.C29H29N7OS.C29H32N6O/c1-3-37-28-22(18-27(29(37)38)26-7-5-4-6-25(26)21-12-13-31-19-21)20-32-30(34-28)33-23-8-10-24(11-9-23)36-16-14-35(2)15-17-36;1-3-36-28-21(19-26(29(36)37)24-7-4-5-8-25(24)27-9-6-18-38-27)20-31-30(33-28)32-22-10-12-23(13-11-22)35-16-14-34(2)15-17-35;1-3-36-26-20(18-25(28(36)37)23-6-4-5-7-24(23)27-30-12-17-38-27)19-31-29(33-26)32-21-8-10-22(11-9-21)35-15-13-34(2)14-16-35;1-3-35-27-21(18-26(28(35)36)25-7-5-4-6-24(25)20-8-9-20)19-30-29(32-27)31-22-10-12-23(13-11-22)34-16-14-33(2)15-17-34/h4-11,18,20-21,31H,3,12-17,19H2,1-2H3,(H,32,33,34);4-13,18-20H,3,14-17H2,1-2H3,(H,31,32,33);4-12,17-19H,3,13-16H2,1-2H3,(H,31,32,33);4-7,10-13,18-20H,3,8-9,14-17H2,1-2H3,(H,30,31,32). The summed E-state index contributed by atoms with van der Waals surface area (Å²) in [4.78, 5) is 117. The van der Waals surface area contributed by atoms with Crippen molar-refractivity contribution in [2.24, 2.45) is 0 Å². The van der Waals surface area contributed by atoms with E-state index >= 15 is 0 Å². The minimum atomic E-state index is -0.0785. The third-order valence-corrected chi connectivity index (χ3v) is 31.2. The lowest BCUT2D eigenvalue weighted by Crippen LogP contribution is -2.44. The molecule has 30 nitrogen and oxygen atoms in total. The topological polar surface area (TPSA) is 290 Å². The molecule has 0 spiro atoms. The molecule has 5 aliphatic heterocycles. The molecular formula is C118H126N26O4S2. The lowest BCUT2D eigenvalue weighted by Gasteiger charge is -2.34. The maximum absolute atomic E-state index is 13.7. The second-order valence-electron chi connectivity index (χ2n) is 39.2. The summed E-state index contributed by atoms with van der Waals surface area (Å²) in [6, 6.07) is 78.0. The number of anilines is 12. The van der Waals surface area contributed by atoms with Crippen molar-refractivity contribution in [3.8, 4) is 65.5 Å². The largest absolute Gasteiger partial charge is 0.369 e. The lowest BCUT2D eigenvalue weighted by molar-refractivity contribution is 0.313. The molecule has 18 aromatic rings. The van der Waals surface area contributed by atoms with Crippen molar-refractivity contribution in [1.82, 2.24) is 88.0 Å². The Hall–Kier alpha value is -15.6. The van der Waals surface area contributed by atoms with E-state index in [2.05, 4.69) is 258 Å². The number of pyridine rings is 4. The summed E-state index contributed by atoms with van der Waals surface area (Å²) < 4.78 is 6.97. The number of nitrogens with one attached hydrogen (secondary N) is 5. The Morgan fingerprint density at radius 2 is 0.600 bits per heavy atom. The molecule has 1 aliphatic carbocycles. The van der Waals surface area contributed by atoms with E-state index in [1.807, 2.05) is 143 Å². The van der Waals surface area contributed by atoms with Gasteiger partial charge in [0.25, 0.3) is 22.2 Å². The fourth-order valence-corrected chi connectivity index (χ4v) is 22.2. The summed E-state index contributed by atoms with van der Waals surface area (Å²) >= 11 is 3.23. The van der Waals surface area contributed by atoms with Gasteiger partial charge < -0.3 is 65.8 Å². The first-order valence-corrected chi connectivity index (χ1v) is 54.0. The van der Waals surface area contributed by atoms with E-state index in [4.69, 9.17) is 19.9 Å². The Kier molecular flexibility index (Phi) is 30.5. The highest BCUT2D eigenvalue weighted by atomic mass is 32.1. The van der Waals surface area contributed by atoms with Crippen molar-refractivity contribution in [3.63, 3.8) is 0 Å². The molecule has 1 atom stereocenters. The van der Waals surface area contributed by atoms with Crippen molar-refractivity contribution >= 4 is 136 Å². The molecule has 150 heavy (non-hydrogen) atoms. The summed E-state index contributed by atoms with van der Waals surface area (Å²) in [5, 5.41) is 25.0. The van der Waals surface area contributed by atoms with Gasteiger partial charge in [-0.15, -0.1) is 22.7 Å². The van der Waals surface area contributed by atoms with Gasteiger partial charge in [0, 0.05) is 274 Å². The van der Waals surface area contributed by atoms with Gasteiger partial charge in [0.2, 0.25) is 23.8 Å². The van der Waals surface area contributed by atoms with Crippen LogP contribution >= 0.6 is 22.7 Å². The quantitative estimate of drug-likeness (QED) is 0.0376. The first-order chi connectivity index (χ1) is 73.4. The zero-order chi connectivity index (χ0) is 103. The third-order valence-electron chi connectivity index (χ3n) is 29.4. The van der Waals surface area contributed by atoms with E-state index in [1.54, 1.807) is 59.5 Å². The summed E-state index contributed by atoms with van der Waals surface area (Å²) in [6.45, 7) is 28.9. The molecule has 10 aromatic heterocycles. The fraction of sp³-hybridized carbons (Fsp3) is 0.297.